The smallest absolute Gasteiger partial charge is 0.254 e. The number of hydrogen-bond donors (Lipinski definition) is 2. The molecule has 11 heteroatoms. The van der Waals surface area contributed by atoms with Crippen molar-refractivity contribution in [3.8, 4) is 17.0 Å². The molecule has 1 saturated heterocycles. The van der Waals surface area contributed by atoms with Crippen LogP contribution < -0.4 is 15.8 Å². The van der Waals surface area contributed by atoms with Gasteiger partial charge in [-0.05, 0) is 85.8 Å². The quantitative estimate of drug-likeness (QED) is 0.248. The van der Waals surface area contributed by atoms with E-state index in [2.05, 4.69) is 20.3 Å². The maximum Gasteiger partial charge on any atom is 0.254 e. The second kappa shape index (κ2) is 12.1. The first-order valence-corrected chi connectivity index (χ1v) is 14.1. The van der Waals surface area contributed by atoms with E-state index >= 15 is 8.78 Å². The highest BCUT2D eigenvalue weighted by molar-refractivity contribution is 5.96. The van der Waals surface area contributed by atoms with Crippen LogP contribution in [0.4, 0.5) is 20.3 Å². The number of hydrogen-bond acceptors (Lipinski definition) is 7. The lowest BCUT2D eigenvalue weighted by Crippen LogP contribution is -2.40. The first-order valence-electron chi connectivity index (χ1n) is 14.1. The number of ether oxygens (including phenoxy) is 1. The molecule has 1 fully saturated rings. The second-order valence-corrected chi connectivity index (χ2v) is 10.6. The summed E-state index contributed by atoms with van der Waals surface area (Å²) in [6.07, 6.45) is 9.71. The van der Waals surface area contributed by atoms with Crippen LogP contribution >= 0.6 is 0 Å². The Balaban J connectivity index is 1.21. The van der Waals surface area contributed by atoms with Gasteiger partial charge in [-0.3, -0.25) is 14.2 Å². The van der Waals surface area contributed by atoms with E-state index in [-0.39, 0.29) is 23.8 Å². The molecular weight excluding hydrogens is 552 g/mol. The molecule has 0 unspecified atom stereocenters. The van der Waals surface area contributed by atoms with Crippen LogP contribution in [0.2, 0.25) is 0 Å². The largest absolute Gasteiger partial charge is 0.486 e. The summed E-state index contributed by atoms with van der Waals surface area (Å²) < 4.78 is 37.4. The number of aromatic nitrogens is 4. The summed E-state index contributed by atoms with van der Waals surface area (Å²) in [4.78, 5) is 27.8. The number of fused-ring (bicyclic) bond motifs is 1. The van der Waals surface area contributed by atoms with Gasteiger partial charge in [0, 0.05) is 54.7 Å². The van der Waals surface area contributed by atoms with E-state index in [1.165, 1.54) is 18.3 Å². The van der Waals surface area contributed by atoms with Crippen molar-refractivity contribution in [3.05, 3.63) is 102 Å². The summed E-state index contributed by atoms with van der Waals surface area (Å²) in [6.45, 7) is 4.05. The average Bonchev–Trinajstić information content (AvgIpc) is 3.47. The molecule has 0 bridgehead atoms. The first kappa shape index (κ1) is 28.2. The molecule has 4 heterocycles. The van der Waals surface area contributed by atoms with Gasteiger partial charge >= 0.3 is 0 Å². The van der Waals surface area contributed by atoms with Gasteiger partial charge in [-0.2, -0.15) is 4.39 Å². The van der Waals surface area contributed by atoms with Gasteiger partial charge in [-0.1, -0.05) is 0 Å². The summed E-state index contributed by atoms with van der Waals surface area (Å²) in [5, 5.41) is 3.25. The molecule has 9 nitrogen and oxygen atoms in total. The minimum absolute atomic E-state index is 0.0145. The van der Waals surface area contributed by atoms with Crippen LogP contribution in [0.5, 0.6) is 5.75 Å². The minimum Gasteiger partial charge on any atom is -0.486 e. The molecule has 3 N–H and O–H groups in total. The van der Waals surface area contributed by atoms with E-state index < -0.39 is 11.6 Å². The van der Waals surface area contributed by atoms with E-state index in [4.69, 9.17) is 10.5 Å². The lowest BCUT2D eigenvalue weighted by Gasteiger charge is -2.31. The van der Waals surface area contributed by atoms with Crippen molar-refractivity contribution in [1.82, 2.24) is 24.3 Å². The van der Waals surface area contributed by atoms with Gasteiger partial charge in [0.25, 0.3) is 5.91 Å². The third-order valence-electron chi connectivity index (χ3n) is 7.85. The Kier molecular flexibility index (Phi) is 7.97. The van der Waals surface area contributed by atoms with Gasteiger partial charge in [0.15, 0.2) is 23.0 Å². The number of pyridine rings is 1. The fraction of sp³-hybridized carbons (Fsp3) is 0.250. The number of halogens is 2. The number of nitrogens with one attached hydrogen (secondary N) is 1. The second-order valence-electron chi connectivity index (χ2n) is 10.6. The molecule has 43 heavy (non-hydrogen) atoms. The number of imidazole rings is 1. The Morgan fingerprint density at radius 2 is 1.84 bits per heavy atom. The van der Waals surface area contributed by atoms with Gasteiger partial charge in [0.05, 0.1) is 11.9 Å². The van der Waals surface area contributed by atoms with Crippen LogP contribution in [0.15, 0.2) is 73.4 Å². The van der Waals surface area contributed by atoms with Crippen molar-refractivity contribution in [2.24, 2.45) is 11.7 Å². The van der Waals surface area contributed by atoms with Crippen molar-refractivity contribution in [2.45, 2.75) is 26.4 Å². The number of nitrogens with two attached hydrogens (primary N) is 1. The molecule has 5 aromatic rings. The molecule has 2 aromatic carbocycles. The fourth-order valence-electron chi connectivity index (χ4n) is 5.35. The van der Waals surface area contributed by atoms with Gasteiger partial charge < -0.3 is 20.7 Å². The minimum atomic E-state index is -1.08. The number of aryl methyl sites for hydroxylation is 1. The Hall–Kier alpha value is -4.90. The van der Waals surface area contributed by atoms with E-state index in [9.17, 15) is 4.79 Å². The van der Waals surface area contributed by atoms with Crippen molar-refractivity contribution in [2.75, 3.05) is 25.0 Å². The maximum absolute atomic E-state index is 15.3. The molecule has 220 valence electrons. The van der Waals surface area contributed by atoms with Gasteiger partial charge in [-0.15, -0.1) is 0 Å². The lowest BCUT2D eigenvalue weighted by atomic mass is 9.96. The van der Waals surface area contributed by atoms with E-state index in [1.54, 1.807) is 41.3 Å². The number of benzene rings is 2. The lowest BCUT2D eigenvalue weighted by molar-refractivity contribution is 0.0692. The van der Waals surface area contributed by atoms with Crippen molar-refractivity contribution in [3.63, 3.8) is 0 Å². The molecule has 0 aliphatic carbocycles. The SMILES string of the molecule is Cc1cc(Nc2nccn3c(-c4ccc(OCc5ccncc5)c(F)c4F)cnc23)ccc1C(=O)N1CCC(CN)CC1. The number of carbonyl (C=O) groups is 1. The molecule has 1 amide bonds. The van der Waals surface area contributed by atoms with Crippen molar-refractivity contribution >= 4 is 23.1 Å². The number of rotatable bonds is 8. The average molecular weight is 584 g/mol. The number of nitrogens with zero attached hydrogens (tertiary/aromatic N) is 5. The molecule has 0 spiro atoms. The summed E-state index contributed by atoms with van der Waals surface area (Å²) in [6, 6.07) is 11.9. The topological polar surface area (TPSA) is 111 Å². The first-order chi connectivity index (χ1) is 20.9. The van der Waals surface area contributed by atoms with Crippen LogP contribution in [0.1, 0.15) is 34.3 Å². The van der Waals surface area contributed by atoms with Crippen LogP contribution in [-0.4, -0.2) is 49.8 Å². The number of anilines is 2. The number of piperidine rings is 1. The number of carbonyl (C=O) groups excluding carboxylic acids is 1. The number of likely N-dealkylation sites (tertiary alicyclic amines) is 1. The highest BCUT2D eigenvalue weighted by Gasteiger charge is 2.24. The molecular formula is C32H31F2N7O2. The Morgan fingerprint density at radius 3 is 2.58 bits per heavy atom. The monoisotopic (exact) mass is 583 g/mol. The Bertz CT molecular complexity index is 1770. The molecule has 3 aromatic heterocycles. The third-order valence-corrected chi connectivity index (χ3v) is 7.85. The third kappa shape index (κ3) is 5.76. The standard InChI is InChI=1S/C32H31F2N7O2/c1-20-16-23(2-3-24(20)32(42)40-13-8-21(17-35)9-14-40)39-30-31-38-18-26(41(31)15-12-37-30)25-4-5-27(29(34)28(25)33)43-19-22-6-10-36-11-7-22/h2-7,10-12,15-16,18,21H,8-9,13-14,17,19,35H2,1H3,(H,37,39). The zero-order chi connectivity index (χ0) is 29.9. The summed E-state index contributed by atoms with van der Waals surface area (Å²) in [5.74, 6) is -1.39. The van der Waals surface area contributed by atoms with Gasteiger partial charge in [-0.25, -0.2) is 14.4 Å². The highest BCUT2D eigenvalue weighted by atomic mass is 19.2. The van der Waals surface area contributed by atoms with Crippen LogP contribution in [-0.2, 0) is 6.61 Å². The molecule has 0 saturated carbocycles. The Morgan fingerprint density at radius 1 is 1.05 bits per heavy atom. The van der Waals surface area contributed by atoms with Crippen molar-refractivity contribution in [1.29, 1.82) is 0 Å². The fourth-order valence-corrected chi connectivity index (χ4v) is 5.35. The van der Waals surface area contributed by atoms with E-state index in [0.29, 0.717) is 54.0 Å². The van der Waals surface area contributed by atoms with E-state index in [0.717, 1.165) is 24.0 Å². The molecule has 1 aliphatic heterocycles. The maximum atomic E-state index is 15.3. The Labute approximate surface area is 247 Å². The summed E-state index contributed by atoms with van der Waals surface area (Å²) >= 11 is 0. The van der Waals surface area contributed by atoms with Crippen LogP contribution in [0.3, 0.4) is 0 Å². The van der Waals surface area contributed by atoms with Crippen molar-refractivity contribution < 1.29 is 18.3 Å². The zero-order valence-corrected chi connectivity index (χ0v) is 23.6. The zero-order valence-electron chi connectivity index (χ0n) is 23.6. The summed E-state index contributed by atoms with van der Waals surface area (Å²) in [7, 11) is 0. The highest BCUT2D eigenvalue weighted by Crippen LogP contribution is 2.32. The molecule has 0 radical (unpaired) electrons. The normalized spacial score (nSPS) is 13.8. The molecule has 1 aliphatic rings. The molecule has 6 rings (SSSR count). The van der Waals surface area contributed by atoms with Gasteiger partial charge in [0.1, 0.15) is 6.61 Å². The van der Waals surface area contributed by atoms with E-state index in [1.807, 2.05) is 30.0 Å². The number of amides is 1. The van der Waals surface area contributed by atoms with Crippen LogP contribution in [0.25, 0.3) is 16.9 Å². The predicted molar refractivity (Wildman–Crippen MR) is 159 cm³/mol. The predicted octanol–water partition coefficient (Wildman–Crippen LogP) is 5.51. The summed E-state index contributed by atoms with van der Waals surface area (Å²) in [5.41, 5.74) is 9.59. The van der Waals surface area contributed by atoms with Gasteiger partial charge in [0.2, 0.25) is 5.82 Å². The molecule has 0 atom stereocenters. The van der Waals surface area contributed by atoms with Crippen LogP contribution in [0, 0.1) is 24.5 Å².